The summed E-state index contributed by atoms with van der Waals surface area (Å²) in [6.07, 6.45) is 1.22. The van der Waals surface area contributed by atoms with Crippen LogP contribution in [0, 0.1) is 0 Å². The molecule has 0 spiro atoms. The van der Waals surface area contributed by atoms with Gasteiger partial charge in [-0.15, -0.1) is 0 Å². The average molecular weight is 220 g/mol. The molecule has 1 saturated heterocycles. The van der Waals surface area contributed by atoms with Gasteiger partial charge in [0.15, 0.2) is 0 Å². The van der Waals surface area contributed by atoms with Gasteiger partial charge in [0, 0.05) is 6.54 Å². The number of rotatable bonds is 1. The molecule has 1 fully saturated rings. The molecule has 0 saturated carbocycles. The van der Waals surface area contributed by atoms with Gasteiger partial charge in [0.05, 0.1) is 6.04 Å². The average Bonchev–Trinajstić information content (AvgIpc) is 2.74. The van der Waals surface area contributed by atoms with E-state index in [4.69, 9.17) is 0 Å². The molecule has 3 rings (SSSR count). The van der Waals surface area contributed by atoms with Crippen molar-refractivity contribution >= 4 is 0 Å². The lowest BCUT2D eigenvalue weighted by atomic mass is 9.83. The summed E-state index contributed by atoms with van der Waals surface area (Å²) in [5.41, 5.74) is 1.34. The predicted octanol–water partition coefficient (Wildman–Crippen LogP) is 1.92. The molecule has 1 aromatic carbocycles. The molecule has 0 bridgehead atoms. The monoisotopic (exact) mass is 220 g/mol. The minimum Gasteiger partial charge on any atom is -0.316 e. The lowest BCUT2D eigenvalue weighted by Crippen LogP contribution is -2.45. The van der Waals surface area contributed by atoms with Crippen molar-refractivity contribution in [2.75, 3.05) is 13.1 Å². The zero-order valence-electron chi connectivity index (χ0n) is 9.30. The van der Waals surface area contributed by atoms with Crippen LogP contribution < -0.4 is 10.6 Å². The third kappa shape index (κ3) is 1.55. The fourth-order valence-electron chi connectivity index (χ4n) is 2.89. The molecule has 0 amide bonds. The Morgan fingerprint density at radius 1 is 1.19 bits per heavy atom. The van der Waals surface area contributed by atoms with Crippen LogP contribution in [0.25, 0.3) is 0 Å². The van der Waals surface area contributed by atoms with Gasteiger partial charge < -0.3 is 10.6 Å². The summed E-state index contributed by atoms with van der Waals surface area (Å²) in [7, 11) is 0. The molecule has 0 aromatic heterocycles. The van der Waals surface area contributed by atoms with E-state index in [1.807, 2.05) is 12.1 Å². The molecule has 2 aliphatic rings. The van der Waals surface area contributed by atoms with E-state index in [1.165, 1.54) is 5.56 Å². The smallest absolute Gasteiger partial charge is 0.132 e. The largest absolute Gasteiger partial charge is 0.316 e. The van der Waals surface area contributed by atoms with E-state index in [2.05, 4.69) is 22.8 Å². The molecule has 2 N–H and O–H groups in total. The van der Waals surface area contributed by atoms with Gasteiger partial charge in [-0.25, -0.2) is 4.39 Å². The second-order valence-electron chi connectivity index (χ2n) is 4.80. The molecule has 3 heteroatoms. The SMILES string of the molecule is FC1(C2NCc3ccccc32)CCNCC1. The number of hydrogen-bond acceptors (Lipinski definition) is 2. The Bertz CT molecular complexity index is 385. The normalized spacial score (nSPS) is 27.7. The lowest BCUT2D eigenvalue weighted by Gasteiger charge is -2.35. The van der Waals surface area contributed by atoms with Crippen LogP contribution in [0.5, 0.6) is 0 Å². The minimum atomic E-state index is -1.07. The summed E-state index contributed by atoms with van der Waals surface area (Å²) in [6, 6.07) is 8.07. The number of fused-ring (bicyclic) bond motifs is 1. The Labute approximate surface area is 95.2 Å². The van der Waals surface area contributed by atoms with Crippen molar-refractivity contribution in [1.29, 1.82) is 0 Å². The van der Waals surface area contributed by atoms with Crippen LogP contribution in [0.4, 0.5) is 4.39 Å². The maximum atomic E-state index is 14.9. The maximum absolute atomic E-state index is 14.9. The number of nitrogens with one attached hydrogen (secondary N) is 2. The van der Waals surface area contributed by atoms with Crippen molar-refractivity contribution in [2.45, 2.75) is 31.1 Å². The molecular formula is C13H17FN2. The van der Waals surface area contributed by atoms with Gasteiger partial charge in [0.1, 0.15) is 5.67 Å². The molecule has 1 unspecified atom stereocenters. The fraction of sp³-hybridized carbons (Fsp3) is 0.538. The van der Waals surface area contributed by atoms with Gasteiger partial charge in [-0.3, -0.25) is 0 Å². The second-order valence-corrected chi connectivity index (χ2v) is 4.80. The van der Waals surface area contributed by atoms with Crippen molar-refractivity contribution in [3.63, 3.8) is 0 Å². The third-order valence-electron chi connectivity index (χ3n) is 3.81. The summed E-state index contributed by atoms with van der Waals surface area (Å²) in [5, 5.41) is 6.55. The van der Waals surface area contributed by atoms with Crippen molar-refractivity contribution in [3.05, 3.63) is 35.4 Å². The number of alkyl halides is 1. The van der Waals surface area contributed by atoms with Gasteiger partial charge in [-0.05, 0) is 37.1 Å². The molecule has 0 radical (unpaired) electrons. The van der Waals surface area contributed by atoms with Crippen LogP contribution in [0.1, 0.15) is 30.0 Å². The topological polar surface area (TPSA) is 24.1 Å². The zero-order valence-corrected chi connectivity index (χ0v) is 9.30. The number of hydrogen-bond donors (Lipinski definition) is 2. The molecule has 0 aliphatic carbocycles. The Morgan fingerprint density at radius 3 is 2.75 bits per heavy atom. The predicted molar refractivity (Wildman–Crippen MR) is 62.0 cm³/mol. The van der Waals surface area contributed by atoms with E-state index < -0.39 is 5.67 Å². The number of piperidine rings is 1. The van der Waals surface area contributed by atoms with Crippen LogP contribution in [-0.4, -0.2) is 18.8 Å². The van der Waals surface area contributed by atoms with Gasteiger partial charge in [0.25, 0.3) is 0 Å². The molecule has 2 nitrogen and oxygen atoms in total. The summed E-state index contributed by atoms with van der Waals surface area (Å²) in [5.74, 6) is 0. The molecule has 1 aromatic rings. The molecule has 86 valence electrons. The second kappa shape index (κ2) is 3.82. The summed E-state index contributed by atoms with van der Waals surface area (Å²) in [6.45, 7) is 2.38. The van der Waals surface area contributed by atoms with Gasteiger partial charge >= 0.3 is 0 Å². The highest BCUT2D eigenvalue weighted by atomic mass is 19.1. The van der Waals surface area contributed by atoms with Crippen molar-refractivity contribution in [3.8, 4) is 0 Å². The first kappa shape index (κ1) is 10.2. The van der Waals surface area contributed by atoms with Crippen LogP contribution in [-0.2, 0) is 6.54 Å². The summed E-state index contributed by atoms with van der Waals surface area (Å²) in [4.78, 5) is 0. The van der Waals surface area contributed by atoms with Crippen molar-refractivity contribution in [1.82, 2.24) is 10.6 Å². The number of benzene rings is 1. The Morgan fingerprint density at radius 2 is 1.94 bits per heavy atom. The van der Waals surface area contributed by atoms with E-state index in [9.17, 15) is 4.39 Å². The summed E-state index contributed by atoms with van der Waals surface area (Å²) >= 11 is 0. The third-order valence-corrected chi connectivity index (χ3v) is 3.81. The van der Waals surface area contributed by atoms with E-state index >= 15 is 0 Å². The van der Waals surface area contributed by atoms with Crippen molar-refractivity contribution in [2.24, 2.45) is 0 Å². The lowest BCUT2D eigenvalue weighted by molar-refractivity contribution is 0.0710. The van der Waals surface area contributed by atoms with Gasteiger partial charge in [-0.2, -0.15) is 0 Å². The summed E-state index contributed by atoms with van der Waals surface area (Å²) < 4.78 is 14.9. The van der Waals surface area contributed by atoms with Crippen LogP contribution in [0.3, 0.4) is 0 Å². The Hall–Kier alpha value is -0.930. The van der Waals surface area contributed by atoms with Gasteiger partial charge in [-0.1, -0.05) is 24.3 Å². The highest BCUT2D eigenvalue weighted by molar-refractivity contribution is 5.36. The number of halogens is 1. The van der Waals surface area contributed by atoms with E-state index in [0.717, 1.165) is 25.2 Å². The molecule has 1 atom stereocenters. The fourth-order valence-corrected chi connectivity index (χ4v) is 2.89. The van der Waals surface area contributed by atoms with E-state index in [1.54, 1.807) is 0 Å². The van der Waals surface area contributed by atoms with Crippen molar-refractivity contribution < 1.29 is 4.39 Å². The van der Waals surface area contributed by atoms with Crippen LogP contribution in [0.15, 0.2) is 24.3 Å². The molecule has 2 heterocycles. The first-order chi connectivity index (χ1) is 7.80. The van der Waals surface area contributed by atoms with E-state index in [0.29, 0.717) is 12.8 Å². The zero-order chi connectivity index (χ0) is 11.0. The first-order valence-electron chi connectivity index (χ1n) is 6.00. The highest BCUT2D eigenvalue weighted by Crippen LogP contribution is 2.41. The van der Waals surface area contributed by atoms with Crippen LogP contribution in [0.2, 0.25) is 0 Å². The Balaban J connectivity index is 1.91. The van der Waals surface area contributed by atoms with Gasteiger partial charge in [0.2, 0.25) is 0 Å². The standard InChI is InChI=1S/C13H17FN2/c14-13(5-7-15-8-6-13)12-11-4-2-1-3-10(11)9-16-12/h1-4,12,15-16H,5-9H2. The molecular weight excluding hydrogens is 203 g/mol. The first-order valence-corrected chi connectivity index (χ1v) is 6.00. The van der Waals surface area contributed by atoms with E-state index in [-0.39, 0.29) is 6.04 Å². The molecule has 16 heavy (non-hydrogen) atoms. The Kier molecular flexibility index (Phi) is 2.45. The van der Waals surface area contributed by atoms with Crippen LogP contribution >= 0.6 is 0 Å². The maximum Gasteiger partial charge on any atom is 0.132 e. The molecule has 2 aliphatic heterocycles. The quantitative estimate of drug-likeness (QED) is 0.755. The highest BCUT2D eigenvalue weighted by Gasteiger charge is 2.43. The minimum absolute atomic E-state index is 0.106.